The van der Waals surface area contributed by atoms with Crippen LogP contribution < -0.4 is 5.32 Å². The van der Waals surface area contributed by atoms with Crippen molar-refractivity contribution < 1.29 is 14.4 Å². The van der Waals surface area contributed by atoms with Gasteiger partial charge in [0.1, 0.15) is 6.54 Å². The van der Waals surface area contributed by atoms with E-state index < -0.39 is 0 Å². The molecule has 0 unspecified atom stereocenters. The summed E-state index contributed by atoms with van der Waals surface area (Å²) < 4.78 is 0. The highest BCUT2D eigenvalue weighted by Crippen LogP contribution is 2.30. The van der Waals surface area contributed by atoms with E-state index in [1.807, 2.05) is 17.0 Å². The van der Waals surface area contributed by atoms with Crippen LogP contribution in [0.15, 0.2) is 30.8 Å². The van der Waals surface area contributed by atoms with Crippen LogP contribution in [0.1, 0.15) is 35.2 Å². The average Bonchev–Trinajstić information content (AvgIpc) is 3.19. The van der Waals surface area contributed by atoms with Crippen molar-refractivity contribution in [1.29, 1.82) is 0 Å². The van der Waals surface area contributed by atoms with Gasteiger partial charge in [-0.25, -0.2) is 0 Å². The van der Waals surface area contributed by atoms with Crippen molar-refractivity contribution >= 4 is 23.4 Å². The predicted molar refractivity (Wildman–Crippen MR) is 90.0 cm³/mol. The first kappa shape index (κ1) is 16.2. The second kappa shape index (κ2) is 6.86. The topological polar surface area (TPSA) is 69.7 Å². The maximum absolute atomic E-state index is 12.3. The molecule has 0 aliphatic carbocycles. The molecule has 0 atom stereocenters. The third-order valence-electron chi connectivity index (χ3n) is 4.46. The molecule has 3 rings (SSSR count). The fourth-order valence-electron chi connectivity index (χ4n) is 3.13. The number of hydrogen-bond acceptors (Lipinski definition) is 3. The highest BCUT2D eigenvalue weighted by molar-refractivity contribution is 6.10. The van der Waals surface area contributed by atoms with E-state index in [0.717, 1.165) is 31.5 Å². The first-order valence-corrected chi connectivity index (χ1v) is 8.22. The van der Waals surface area contributed by atoms with E-state index in [0.29, 0.717) is 17.7 Å². The van der Waals surface area contributed by atoms with E-state index in [1.165, 1.54) is 4.90 Å². The highest BCUT2D eigenvalue weighted by atomic mass is 16.2. The molecule has 6 heteroatoms. The van der Waals surface area contributed by atoms with Crippen molar-refractivity contribution in [1.82, 2.24) is 15.1 Å². The normalized spacial score (nSPS) is 16.5. The van der Waals surface area contributed by atoms with E-state index in [2.05, 4.69) is 11.9 Å². The number of likely N-dealkylation sites (tertiary alicyclic amines) is 1. The summed E-state index contributed by atoms with van der Waals surface area (Å²) in [6.45, 7) is 5.74. The second-order valence-electron chi connectivity index (χ2n) is 6.07. The highest BCUT2D eigenvalue weighted by Gasteiger charge is 2.31. The summed E-state index contributed by atoms with van der Waals surface area (Å²) >= 11 is 0. The maximum Gasteiger partial charge on any atom is 0.259 e. The van der Waals surface area contributed by atoms with E-state index in [4.69, 9.17) is 0 Å². The molecule has 1 aromatic rings. The third kappa shape index (κ3) is 3.18. The van der Waals surface area contributed by atoms with Crippen LogP contribution >= 0.6 is 0 Å². The van der Waals surface area contributed by atoms with Gasteiger partial charge in [-0.1, -0.05) is 24.8 Å². The van der Waals surface area contributed by atoms with Gasteiger partial charge < -0.3 is 10.2 Å². The maximum atomic E-state index is 12.3. The summed E-state index contributed by atoms with van der Waals surface area (Å²) in [6, 6.07) is 7.18. The van der Waals surface area contributed by atoms with Crippen LogP contribution in [-0.4, -0.2) is 53.7 Å². The molecule has 0 radical (unpaired) electrons. The summed E-state index contributed by atoms with van der Waals surface area (Å²) in [5.74, 6) is -0.424. The van der Waals surface area contributed by atoms with Crippen LogP contribution in [0.4, 0.5) is 0 Å². The van der Waals surface area contributed by atoms with Crippen molar-refractivity contribution in [3.63, 3.8) is 0 Å². The van der Waals surface area contributed by atoms with Gasteiger partial charge in [-0.3, -0.25) is 19.3 Å². The van der Waals surface area contributed by atoms with Crippen molar-refractivity contribution in [2.24, 2.45) is 0 Å². The molecule has 0 aromatic heterocycles. The number of amides is 3. The van der Waals surface area contributed by atoms with Gasteiger partial charge in [-0.2, -0.15) is 0 Å². The van der Waals surface area contributed by atoms with Gasteiger partial charge in [0, 0.05) is 42.9 Å². The van der Waals surface area contributed by atoms with E-state index >= 15 is 0 Å². The van der Waals surface area contributed by atoms with Gasteiger partial charge in [0.25, 0.3) is 5.91 Å². The van der Waals surface area contributed by atoms with Gasteiger partial charge in [-0.15, -0.1) is 0 Å². The molecular weight excluding hydrogens is 306 g/mol. The summed E-state index contributed by atoms with van der Waals surface area (Å²) in [7, 11) is 0. The smallest absolute Gasteiger partial charge is 0.259 e. The summed E-state index contributed by atoms with van der Waals surface area (Å²) in [4.78, 5) is 39.5. The van der Waals surface area contributed by atoms with Gasteiger partial charge >= 0.3 is 0 Å². The molecule has 3 amide bonds. The van der Waals surface area contributed by atoms with Gasteiger partial charge in [0.05, 0.1) is 0 Å². The molecule has 1 saturated heterocycles. The molecule has 126 valence electrons. The standard InChI is InChI=1S/C18H21N3O3/c1-13-14-6-2-3-7-15(14)18(24)21(13)12-16(22)19-9-8-17(23)20-10-4-5-11-20/h2-3,6-7H,1,4-5,8-12H2,(H,19,22). The Bertz CT molecular complexity index is 658. The quantitative estimate of drug-likeness (QED) is 0.885. The van der Waals surface area contributed by atoms with Crippen LogP contribution in [0.3, 0.4) is 0 Å². The Morgan fingerprint density at radius 2 is 1.79 bits per heavy atom. The molecule has 2 aliphatic rings. The number of rotatable bonds is 5. The molecule has 6 nitrogen and oxygen atoms in total. The molecule has 1 N–H and O–H groups in total. The number of nitrogens with one attached hydrogen (secondary N) is 1. The lowest BCUT2D eigenvalue weighted by Crippen LogP contribution is -2.38. The molecule has 2 heterocycles. The molecule has 0 saturated carbocycles. The Balaban J connectivity index is 1.48. The van der Waals surface area contributed by atoms with Crippen molar-refractivity contribution in [2.75, 3.05) is 26.2 Å². The predicted octanol–water partition coefficient (Wildman–Crippen LogP) is 1.24. The largest absolute Gasteiger partial charge is 0.354 e. The number of hydrogen-bond donors (Lipinski definition) is 1. The van der Waals surface area contributed by atoms with Crippen LogP contribution in [0.2, 0.25) is 0 Å². The van der Waals surface area contributed by atoms with Crippen LogP contribution in [0.5, 0.6) is 0 Å². The number of nitrogens with zero attached hydrogens (tertiary/aromatic N) is 2. The minimum absolute atomic E-state index is 0.0712. The Morgan fingerprint density at radius 1 is 1.12 bits per heavy atom. The molecule has 1 fully saturated rings. The van der Waals surface area contributed by atoms with Crippen molar-refractivity contribution in [3.05, 3.63) is 42.0 Å². The number of fused-ring (bicyclic) bond motifs is 1. The zero-order valence-electron chi connectivity index (χ0n) is 13.6. The Morgan fingerprint density at radius 3 is 2.46 bits per heavy atom. The molecule has 1 aromatic carbocycles. The van der Waals surface area contributed by atoms with E-state index in [-0.39, 0.29) is 30.8 Å². The summed E-state index contributed by atoms with van der Waals surface area (Å²) in [5.41, 5.74) is 1.87. The zero-order valence-corrected chi connectivity index (χ0v) is 13.6. The number of carbonyl (C=O) groups is 3. The molecule has 0 spiro atoms. The zero-order chi connectivity index (χ0) is 17.1. The van der Waals surface area contributed by atoms with Gasteiger partial charge in [0.15, 0.2) is 0 Å². The van der Waals surface area contributed by atoms with Crippen LogP contribution in [0.25, 0.3) is 5.70 Å². The summed E-state index contributed by atoms with van der Waals surface area (Å²) in [6.07, 6.45) is 2.40. The van der Waals surface area contributed by atoms with Crippen LogP contribution in [0, 0.1) is 0 Å². The lowest BCUT2D eigenvalue weighted by atomic mass is 10.1. The summed E-state index contributed by atoms with van der Waals surface area (Å²) in [5, 5.41) is 2.71. The Kier molecular flexibility index (Phi) is 4.64. The number of carbonyl (C=O) groups excluding carboxylic acids is 3. The van der Waals surface area contributed by atoms with Crippen molar-refractivity contribution in [2.45, 2.75) is 19.3 Å². The monoisotopic (exact) mass is 327 g/mol. The molecule has 24 heavy (non-hydrogen) atoms. The average molecular weight is 327 g/mol. The van der Waals surface area contributed by atoms with Gasteiger partial charge in [0.2, 0.25) is 11.8 Å². The fourth-order valence-corrected chi connectivity index (χ4v) is 3.13. The fraction of sp³-hybridized carbons (Fsp3) is 0.389. The van der Waals surface area contributed by atoms with E-state index in [1.54, 1.807) is 12.1 Å². The minimum Gasteiger partial charge on any atom is -0.354 e. The van der Waals surface area contributed by atoms with Crippen molar-refractivity contribution in [3.8, 4) is 0 Å². The lowest BCUT2D eigenvalue weighted by Gasteiger charge is -2.18. The van der Waals surface area contributed by atoms with E-state index in [9.17, 15) is 14.4 Å². The molecule has 2 aliphatic heterocycles. The molecule has 0 bridgehead atoms. The second-order valence-corrected chi connectivity index (χ2v) is 6.07. The first-order chi connectivity index (χ1) is 11.6. The number of benzene rings is 1. The SMILES string of the molecule is C=C1c2ccccc2C(=O)N1CC(=O)NCCC(=O)N1CCCC1. The van der Waals surface area contributed by atoms with Gasteiger partial charge in [-0.05, 0) is 18.9 Å². The Labute approximate surface area is 141 Å². The molecular formula is C18H21N3O3. The minimum atomic E-state index is -0.286. The Hall–Kier alpha value is -2.63. The first-order valence-electron chi connectivity index (χ1n) is 8.22. The third-order valence-corrected chi connectivity index (χ3v) is 4.46. The lowest BCUT2D eigenvalue weighted by molar-refractivity contribution is -0.130. The van der Waals surface area contributed by atoms with Crippen LogP contribution in [-0.2, 0) is 9.59 Å².